The van der Waals surface area contributed by atoms with E-state index in [4.69, 9.17) is 0 Å². The highest BCUT2D eigenvalue weighted by Crippen LogP contribution is 2.66. The monoisotopic (exact) mass is 848 g/mol. The van der Waals surface area contributed by atoms with Crippen molar-refractivity contribution in [1.29, 1.82) is 0 Å². The van der Waals surface area contributed by atoms with Crippen LogP contribution >= 0.6 is 0 Å². The first kappa shape index (κ1) is 37.0. The number of fused-ring (bicyclic) bond motifs is 11. The molecule has 10 aliphatic rings. The van der Waals surface area contributed by atoms with Crippen LogP contribution in [0, 0.1) is 17.8 Å². The molecule has 65 heavy (non-hydrogen) atoms. The summed E-state index contributed by atoms with van der Waals surface area (Å²) in [5.74, 6) is 1.48. The van der Waals surface area contributed by atoms with Gasteiger partial charge in [0.1, 0.15) is 0 Å². The van der Waals surface area contributed by atoms with E-state index in [9.17, 15) is 0 Å². The Kier molecular flexibility index (Phi) is 7.62. The summed E-state index contributed by atoms with van der Waals surface area (Å²) in [5, 5.41) is 1.83. The molecule has 9 aliphatic carbocycles. The molecule has 0 fully saturated rings. The van der Waals surface area contributed by atoms with E-state index in [2.05, 4.69) is 183 Å². The SMILES string of the molecule is C[SiH]1C2=C(C=CC(c3ccc4c(c3)CCC=C4)C2)C2=CC3=C(c4ccc5c6c4CCC=C6c4ccccc4-5)c4ccccc4C(C)(C4C=CC5=C6C(=CC=CC64)c4ccccc45)C3CC21. The van der Waals surface area contributed by atoms with E-state index in [1.807, 2.05) is 5.20 Å². The van der Waals surface area contributed by atoms with Gasteiger partial charge in [0.25, 0.3) is 0 Å². The molecular weight excluding hydrogens is 797 g/mol. The van der Waals surface area contributed by atoms with E-state index in [0.717, 1.165) is 25.7 Å². The topological polar surface area (TPSA) is 0 Å². The number of benzene rings is 5. The lowest BCUT2D eigenvalue weighted by molar-refractivity contribution is 0.210. The van der Waals surface area contributed by atoms with Crippen LogP contribution in [0.25, 0.3) is 39.5 Å². The molecule has 0 bridgehead atoms. The summed E-state index contributed by atoms with van der Waals surface area (Å²) in [5.41, 5.74) is 31.8. The van der Waals surface area contributed by atoms with Crippen molar-refractivity contribution in [3.8, 4) is 11.1 Å². The van der Waals surface area contributed by atoms with Gasteiger partial charge < -0.3 is 0 Å². The molecule has 1 heteroatoms. The molecule has 7 atom stereocenters. The van der Waals surface area contributed by atoms with Gasteiger partial charge >= 0.3 is 0 Å². The minimum Gasteiger partial charge on any atom is -0.0836 e. The molecule has 7 unspecified atom stereocenters. The maximum absolute atomic E-state index is 2.82. The molecule has 0 nitrogen and oxygen atoms in total. The summed E-state index contributed by atoms with van der Waals surface area (Å²) in [7, 11) is -1.34. The predicted molar refractivity (Wildman–Crippen MR) is 274 cm³/mol. The van der Waals surface area contributed by atoms with Gasteiger partial charge in [0, 0.05) is 17.3 Å². The maximum atomic E-state index is 2.82. The van der Waals surface area contributed by atoms with E-state index in [-0.39, 0.29) is 5.41 Å². The summed E-state index contributed by atoms with van der Waals surface area (Å²) in [6, 6.07) is 40.4. The van der Waals surface area contributed by atoms with E-state index < -0.39 is 8.80 Å². The van der Waals surface area contributed by atoms with Crippen molar-refractivity contribution in [3.63, 3.8) is 0 Å². The van der Waals surface area contributed by atoms with Crippen LogP contribution in [0.1, 0.15) is 99.7 Å². The molecule has 0 amide bonds. The van der Waals surface area contributed by atoms with Crippen molar-refractivity contribution in [1.82, 2.24) is 0 Å². The number of hydrogen-bond acceptors (Lipinski definition) is 0. The average molecular weight is 849 g/mol. The first-order valence-electron chi connectivity index (χ1n) is 24.7. The molecule has 15 rings (SSSR count). The summed E-state index contributed by atoms with van der Waals surface area (Å²) >= 11 is 0. The van der Waals surface area contributed by atoms with Gasteiger partial charge in [-0.05, 0) is 173 Å². The first-order valence-corrected chi connectivity index (χ1v) is 27.1. The highest BCUT2D eigenvalue weighted by molar-refractivity contribution is 6.69. The fraction of sp³-hybridized carbons (Fsp3) is 0.219. The Labute approximate surface area is 385 Å². The van der Waals surface area contributed by atoms with Crippen molar-refractivity contribution < 1.29 is 0 Å². The molecule has 312 valence electrons. The van der Waals surface area contributed by atoms with Crippen LogP contribution < -0.4 is 0 Å². The second-order valence-corrected chi connectivity index (χ2v) is 24.0. The van der Waals surface area contributed by atoms with Crippen LogP contribution in [-0.2, 0) is 18.3 Å². The third-order valence-corrected chi connectivity index (χ3v) is 21.7. The van der Waals surface area contributed by atoms with Crippen molar-refractivity contribution in [2.45, 2.75) is 68.9 Å². The molecular formula is C64H52Si. The van der Waals surface area contributed by atoms with Crippen LogP contribution in [0.2, 0.25) is 12.1 Å². The van der Waals surface area contributed by atoms with E-state index >= 15 is 0 Å². The molecule has 0 saturated carbocycles. The van der Waals surface area contributed by atoms with Gasteiger partial charge in [0.05, 0.1) is 8.80 Å². The van der Waals surface area contributed by atoms with Crippen LogP contribution in [0.3, 0.4) is 0 Å². The van der Waals surface area contributed by atoms with Crippen molar-refractivity contribution in [3.05, 3.63) is 253 Å². The van der Waals surface area contributed by atoms with E-state index in [1.165, 1.54) is 96.3 Å². The highest BCUT2D eigenvalue weighted by atomic mass is 28.3. The summed E-state index contributed by atoms with van der Waals surface area (Å²) in [4.78, 5) is 0. The zero-order valence-corrected chi connectivity index (χ0v) is 38.5. The van der Waals surface area contributed by atoms with Crippen molar-refractivity contribution in [2.24, 2.45) is 17.8 Å². The highest BCUT2D eigenvalue weighted by Gasteiger charge is 2.56. The second-order valence-electron chi connectivity index (χ2n) is 20.9. The zero-order valence-electron chi connectivity index (χ0n) is 37.4. The summed E-state index contributed by atoms with van der Waals surface area (Å²) in [6.45, 7) is 5.43. The lowest BCUT2D eigenvalue weighted by atomic mass is 9.50. The lowest BCUT2D eigenvalue weighted by Gasteiger charge is -2.54. The van der Waals surface area contributed by atoms with Gasteiger partial charge in [-0.1, -0.05) is 189 Å². The van der Waals surface area contributed by atoms with E-state index in [0.29, 0.717) is 29.2 Å². The molecule has 1 heterocycles. The van der Waals surface area contributed by atoms with Crippen molar-refractivity contribution >= 4 is 37.2 Å². The number of hydrogen-bond donors (Lipinski definition) is 0. The standard InChI is InChI=1S/C64H52Si/c1-64(57-32-31-50-44-18-8-6-16-42(44)47-21-12-23-53(57)62(47)50)56-24-10-9-19-52(56)63(51-30-29-49-43-17-7-5-15-41(43)46-20-11-22-48(51)61(46)49)55-35-54-45-28-27-40(34-59(45)65(2)60(54)36-58(55)64)39-26-25-37-13-3-4-14-38(37)33-39/h3,5-10,12-13,15-21,23-33,35,40,53,57-58,60,65H,4,11,14,22,34,36H2,1-2H3. The Bertz CT molecular complexity index is 3380. The van der Waals surface area contributed by atoms with Gasteiger partial charge in [-0.15, -0.1) is 0 Å². The van der Waals surface area contributed by atoms with E-state index in [1.54, 1.807) is 33.4 Å². The van der Waals surface area contributed by atoms with Gasteiger partial charge in [-0.25, -0.2) is 0 Å². The predicted octanol–water partition coefficient (Wildman–Crippen LogP) is 15.1. The second kappa shape index (κ2) is 13.4. The molecule has 0 N–H and O–H groups in total. The third kappa shape index (κ3) is 4.87. The molecule has 0 radical (unpaired) electrons. The van der Waals surface area contributed by atoms with Crippen molar-refractivity contribution in [2.75, 3.05) is 0 Å². The van der Waals surface area contributed by atoms with Crippen LogP contribution in [0.4, 0.5) is 0 Å². The quantitative estimate of drug-likeness (QED) is 0.156. The fourth-order valence-electron chi connectivity index (χ4n) is 15.3. The smallest absolute Gasteiger partial charge is 0.0709 e. The Morgan fingerprint density at radius 2 is 1.46 bits per heavy atom. The maximum Gasteiger partial charge on any atom is 0.0709 e. The Morgan fingerprint density at radius 3 is 2.35 bits per heavy atom. The Balaban J connectivity index is 0.922. The third-order valence-electron chi connectivity index (χ3n) is 18.2. The largest absolute Gasteiger partial charge is 0.0836 e. The fourth-order valence-corrected chi connectivity index (χ4v) is 18.6. The molecule has 5 aromatic rings. The van der Waals surface area contributed by atoms with Crippen LogP contribution in [-0.4, -0.2) is 8.80 Å². The number of rotatable bonds is 3. The van der Waals surface area contributed by atoms with Crippen LogP contribution in [0.15, 0.2) is 191 Å². The summed E-state index contributed by atoms with van der Waals surface area (Å²) < 4.78 is 0. The molecule has 0 saturated heterocycles. The Hall–Kier alpha value is -6.28. The first-order chi connectivity index (χ1) is 32.0. The van der Waals surface area contributed by atoms with Crippen LogP contribution in [0.5, 0.6) is 0 Å². The lowest BCUT2D eigenvalue weighted by Crippen LogP contribution is -2.48. The van der Waals surface area contributed by atoms with Gasteiger partial charge in [-0.2, -0.15) is 0 Å². The minimum atomic E-state index is -1.34. The molecule has 1 aliphatic heterocycles. The van der Waals surface area contributed by atoms with Gasteiger partial charge in [-0.3, -0.25) is 0 Å². The van der Waals surface area contributed by atoms with Gasteiger partial charge in [0.15, 0.2) is 0 Å². The number of allylic oxidation sites excluding steroid dienone is 17. The minimum absolute atomic E-state index is 0.124. The average Bonchev–Trinajstić information content (AvgIpc) is 3.97. The molecule has 5 aromatic carbocycles. The zero-order chi connectivity index (χ0) is 42.7. The normalized spacial score (nSPS) is 28.6. The molecule has 0 spiro atoms. The van der Waals surface area contributed by atoms with Gasteiger partial charge in [0.2, 0.25) is 0 Å². The summed E-state index contributed by atoms with van der Waals surface area (Å²) in [6.07, 6.45) is 34.7. The number of aryl methyl sites for hydroxylation is 1. The Morgan fingerprint density at radius 1 is 0.677 bits per heavy atom. The molecule has 0 aromatic heterocycles.